The van der Waals surface area contributed by atoms with E-state index in [1.807, 2.05) is 6.07 Å². The van der Waals surface area contributed by atoms with Crippen LogP contribution in [0.1, 0.15) is 48.6 Å². The Morgan fingerprint density at radius 1 is 1.12 bits per heavy atom. The van der Waals surface area contributed by atoms with Gasteiger partial charge in [-0.25, -0.2) is 27.2 Å². The second kappa shape index (κ2) is 10.7. The molecular formula is C28H30F2N6O4S2. The second-order valence-corrected chi connectivity index (χ2v) is 14.3. The number of aliphatic hydroxyl groups is 2. The number of thiazole rings is 1. The van der Waals surface area contributed by atoms with E-state index in [1.54, 1.807) is 13.1 Å². The van der Waals surface area contributed by atoms with Crippen molar-refractivity contribution in [3.63, 3.8) is 0 Å². The third kappa shape index (κ3) is 5.68. The number of anilines is 2. The summed E-state index contributed by atoms with van der Waals surface area (Å²) in [7, 11) is -3.40. The summed E-state index contributed by atoms with van der Waals surface area (Å²) >= 11 is 1.41. The normalized spacial score (nSPS) is 22.5. The Morgan fingerprint density at radius 2 is 1.86 bits per heavy atom. The number of benzene rings is 1. The highest BCUT2D eigenvalue weighted by molar-refractivity contribution is 7.90. The van der Waals surface area contributed by atoms with E-state index in [9.17, 15) is 27.4 Å². The first kappa shape index (κ1) is 28.8. The second-order valence-electron chi connectivity index (χ2n) is 11.1. The highest BCUT2D eigenvalue weighted by Crippen LogP contribution is 2.45. The van der Waals surface area contributed by atoms with Crippen LogP contribution in [0.2, 0.25) is 0 Å². The lowest BCUT2D eigenvalue weighted by Crippen LogP contribution is -2.48. The van der Waals surface area contributed by atoms with Gasteiger partial charge in [-0.15, -0.1) is 11.3 Å². The highest BCUT2D eigenvalue weighted by Gasteiger charge is 2.48. The summed E-state index contributed by atoms with van der Waals surface area (Å²) in [5, 5.41) is 28.9. The molecule has 4 aromatic rings. The Labute approximate surface area is 245 Å². The van der Waals surface area contributed by atoms with Gasteiger partial charge < -0.3 is 20.8 Å². The van der Waals surface area contributed by atoms with Gasteiger partial charge in [-0.2, -0.15) is 4.98 Å². The van der Waals surface area contributed by atoms with E-state index in [0.717, 1.165) is 47.1 Å². The molecule has 10 nitrogen and oxygen atoms in total. The van der Waals surface area contributed by atoms with Crippen molar-refractivity contribution in [1.29, 1.82) is 0 Å². The molecule has 0 spiro atoms. The van der Waals surface area contributed by atoms with Crippen LogP contribution in [0.3, 0.4) is 0 Å². The number of nitrogens with one attached hydrogen (secondary N) is 2. The summed E-state index contributed by atoms with van der Waals surface area (Å²) in [4.78, 5) is 18.5. The van der Waals surface area contributed by atoms with Crippen LogP contribution < -0.4 is 10.6 Å². The fourth-order valence-corrected chi connectivity index (χ4v) is 7.70. The van der Waals surface area contributed by atoms with Gasteiger partial charge in [-0.05, 0) is 50.8 Å². The molecule has 3 unspecified atom stereocenters. The van der Waals surface area contributed by atoms with Crippen LogP contribution in [0.15, 0.2) is 30.5 Å². The monoisotopic (exact) mass is 616 g/mol. The summed E-state index contributed by atoms with van der Waals surface area (Å²) < 4.78 is 53.3. The average molecular weight is 617 g/mol. The number of hydrogen-bond acceptors (Lipinski definition) is 11. The van der Waals surface area contributed by atoms with Crippen LogP contribution in [-0.4, -0.2) is 62.4 Å². The standard InChI is InChI=1S/C28H30F2N6O4S2/c1-14-21(26-34-23-20(41-26)9-11-31-22(23)15-6-7-15)25(36-28(38)10-8-16(24(28)37)13-42(2,39)40)35-27(33-14)32-12-17-18(29)4-3-5-19(17)30/h3-5,9,11,15-16,24,37-38H,6-8,10,12-13H2,1-2H3,(H2,32,33,35,36). The van der Waals surface area contributed by atoms with Crippen LogP contribution >= 0.6 is 11.3 Å². The number of aromatic nitrogens is 4. The smallest absolute Gasteiger partial charge is 0.225 e. The topological polar surface area (TPSA) is 150 Å². The SMILES string of the molecule is Cc1nc(NCc2c(F)cccc2F)nc(NC2(O)CCC(CS(C)(=O)=O)C2O)c1-c1nc2c(C3CC3)nccc2s1. The zero-order valence-electron chi connectivity index (χ0n) is 22.9. The molecule has 1 aromatic carbocycles. The van der Waals surface area contributed by atoms with Crippen molar-refractivity contribution in [2.75, 3.05) is 22.6 Å². The van der Waals surface area contributed by atoms with Gasteiger partial charge in [-0.1, -0.05) is 6.07 Å². The molecule has 2 fully saturated rings. The number of fused-ring (bicyclic) bond motifs is 1. The molecule has 14 heteroatoms. The summed E-state index contributed by atoms with van der Waals surface area (Å²) in [5.74, 6) is -1.85. The van der Waals surface area contributed by atoms with Gasteiger partial charge >= 0.3 is 0 Å². The van der Waals surface area contributed by atoms with Gasteiger partial charge in [-0.3, -0.25) is 4.98 Å². The Bertz CT molecular complexity index is 1760. The first-order valence-electron chi connectivity index (χ1n) is 13.6. The van der Waals surface area contributed by atoms with Gasteiger partial charge in [0.25, 0.3) is 0 Å². The van der Waals surface area contributed by atoms with Crippen molar-refractivity contribution >= 4 is 43.2 Å². The van der Waals surface area contributed by atoms with Crippen molar-refractivity contribution in [1.82, 2.24) is 19.9 Å². The lowest BCUT2D eigenvalue weighted by atomic mass is 10.0. The molecule has 42 heavy (non-hydrogen) atoms. The number of nitrogens with zero attached hydrogens (tertiary/aromatic N) is 4. The molecule has 0 amide bonds. The summed E-state index contributed by atoms with van der Waals surface area (Å²) in [6.07, 6.45) is 3.88. The number of rotatable bonds is 9. The molecule has 3 heterocycles. The Balaban J connectivity index is 1.40. The number of sulfone groups is 1. The van der Waals surface area contributed by atoms with E-state index in [2.05, 4.69) is 25.6 Å². The molecular weight excluding hydrogens is 586 g/mol. The molecule has 3 aromatic heterocycles. The highest BCUT2D eigenvalue weighted by atomic mass is 32.2. The Morgan fingerprint density at radius 3 is 2.55 bits per heavy atom. The van der Waals surface area contributed by atoms with Crippen molar-refractivity contribution < 1.29 is 27.4 Å². The molecule has 2 aliphatic rings. The molecule has 222 valence electrons. The maximum absolute atomic E-state index is 14.3. The minimum atomic E-state index is -3.40. The lowest BCUT2D eigenvalue weighted by Gasteiger charge is -2.31. The van der Waals surface area contributed by atoms with Crippen molar-refractivity contribution in [3.8, 4) is 10.6 Å². The van der Waals surface area contributed by atoms with Crippen molar-refractivity contribution in [2.45, 2.75) is 56.9 Å². The van der Waals surface area contributed by atoms with E-state index in [1.165, 1.54) is 17.4 Å². The number of aliphatic hydroxyl groups excluding tert-OH is 1. The first-order valence-corrected chi connectivity index (χ1v) is 16.5. The van der Waals surface area contributed by atoms with Gasteiger partial charge in [0.15, 0.2) is 5.72 Å². The largest absolute Gasteiger partial charge is 0.388 e. The van der Waals surface area contributed by atoms with Crippen LogP contribution in [-0.2, 0) is 16.4 Å². The third-order valence-corrected chi connectivity index (χ3v) is 9.84. The molecule has 3 atom stereocenters. The first-order chi connectivity index (χ1) is 19.9. The fraction of sp³-hybridized carbons (Fsp3) is 0.429. The maximum atomic E-state index is 14.3. The average Bonchev–Trinajstić information content (AvgIpc) is 3.61. The molecule has 6 rings (SSSR count). The summed E-state index contributed by atoms with van der Waals surface area (Å²) in [6, 6.07) is 5.47. The van der Waals surface area contributed by atoms with Gasteiger partial charge in [0.05, 0.1) is 27.4 Å². The number of pyridine rings is 1. The van der Waals surface area contributed by atoms with Crippen LogP contribution in [0.25, 0.3) is 20.8 Å². The minimum absolute atomic E-state index is 0.0339. The summed E-state index contributed by atoms with van der Waals surface area (Å²) in [5.41, 5.74) is 0.590. The number of halogens is 2. The third-order valence-electron chi connectivity index (χ3n) is 7.77. The molecule has 4 N–H and O–H groups in total. The molecule has 0 saturated heterocycles. The van der Waals surface area contributed by atoms with E-state index in [-0.39, 0.29) is 42.5 Å². The number of hydrogen-bond donors (Lipinski definition) is 4. The minimum Gasteiger partial charge on any atom is -0.388 e. The predicted molar refractivity (Wildman–Crippen MR) is 156 cm³/mol. The Hall–Kier alpha value is -3.33. The lowest BCUT2D eigenvalue weighted by molar-refractivity contribution is -0.0442. The molecule has 2 saturated carbocycles. The van der Waals surface area contributed by atoms with Gasteiger partial charge in [0.1, 0.15) is 43.9 Å². The zero-order valence-corrected chi connectivity index (χ0v) is 24.6. The number of aryl methyl sites for hydroxylation is 1. The van der Waals surface area contributed by atoms with Gasteiger partial charge in [0.2, 0.25) is 5.95 Å². The maximum Gasteiger partial charge on any atom is 0.225 e. The molecule has 0 radical (unpaired) electrons. The van der Waals surface area contributed by atoms with E-state index >= 15 is 0 Å². The van der Waals surface area contributed by atoms with Crippen molar-refractivity contribution in [2.24, 2.45) is 5.92 Å². The van der Waals surface area contributed by atoms with Crippen LogP contribution in [0.4, 0.5) is 20.5 Å². The van der Waals surface area contributed by atoms with Gasteiger partial charge in [0, 0.05) is 36.4 Å². The quantitative estimate of drug-likeness (QED) is 0.202. The van der Waals surface area contributed by atoms with Crippen LogP contribution in [0.5, 0.6) is 0 Å². The van der Waals surface area contributed by atoms with Crippen molar-refractivity contribution in [3.05, 3.63) is 59.0 Å². The Kier molecular flexibility index (Phi) is 7.36. The molecule has 0 aliphatic heterocycles. The van der Waals surface area contributed by atoms with Crippen LogP contribution in [0, 0.1) is 24.5 Å². The van der Waals surface area contributed by atoms with E-state index in [0.29, 0.717) is 22.2 Å². The fourth-order valence-electron chi connectivity index (χ4n) is 5.51. The molecule has 0 bridgehead atoms. The molecule has 2 aliphatic carbocycles. The predicted octanol–water partition coefficient (Wildman–Crippen LogP) is 4.14. The van der Waals surface area contributed by atoms with E-state index in [4.69, 9.17) is 4.98 Å². The summed E-state index contributed by atoms with van der Waals surface area (Å²) in [6.45, 7) is 1.49. The van der Waals surface area contributed by atoms with E-state index < -0.39 is 39.2 Å². The zero-order chi connectivity index (χ0) is 29.8.